The van der Waals surface area contributed by atoms with Crippen LogP contribution in [0.1, 0.15) is 30.3 Å². The summed E-state index contributed by atoms with van der Waals surface area (Å²) in [5.41, 5.74) is 1.65. The van der Waals surface area contributed by atoms with Gasteiger partial charge < -0.3 is 19.5 Å². The van der Waals surface area contributed by atoms with Crippen LogP contribution in [0.3, 0.4) is 0 Å². The van der Waals surface area contributed by atoms with Gasteiger partial charge in [0, 0.05) is 6.54 Å². The Kier molecular flexibility index (Phi) is 5.61. The number of benzene rings is 2. The van der Waals surface area contributed by atoms with Crippen molar-refractivity contribution in [2.75, 3.05) is 12.9 Å². The van der Waals surface area contributed by atoms with Crippen LogP contribution < -0.4 is 9.47 Å². The maximum absolute atomic E-state index is 12.4. The Hall–Kier alpha value is -2.34. The fourth-order valence-electron chi connectivity index (χ4n) is 2.97. The lowest BCUT2D eigenvalue weighted by Gasteiger charge is -2.26. The van der Waals surface area contributed by atoms with Gasteiger partial charge in [0.2, 0.25) is 5.91 Å². The molecule has 1 aliphatic rings. The SMILES string of the molecule is COc1cccc(O)c1C1SCC(=O)N1Cc1ccc(OC(C)C)cc1. The van der Waals surface area contributed by atoms with Crippen molar-refractivity contribution < 1.29 is 19.4 Å². The van der Waals surface area contributed by atoms with Crippen LogP contribution >= 0.6 is 11.8 Å². The predicted molar refractivity (Wildman–Crippen MR) is 103 cm³/mol. The molecule has 1 atom stereocenters. The highest BCUT2D eigenvalue weighted by Crippen LogP contribution is 2.46. The van der Waals surface area contributed by atoms with Crippen molar-refractivity contribution in [2.45, 2.75) is 31.9 Å². The molecule has 1 saturated heterocycles. The van der Waals surface area contributed by atoms with Gasteiger partial charge in [0.25, 0.3) is 0 Å². The molecule has 1 fully saturated rings. The highest BCUT2D eigenvalue weighted by molar-refractivity contribution is 8.00. The molecule has 1 heterocycles. The van der Waals surface area contributed by atoms with Gasteiger partial charge in [-0.2, -0.15) is 0 Å². The van der Waals surface area contributed by atoms with E-state index in [1.54, 1.807) is 30.2 Å². The molecule has 2 aromatic rings. The molecule has 6 heteroatoms. The van der Waals surface area contributed by atoms with Crippen LogP contribution in [0.15, 0.2) is 42.5 Å². The summed E-state index contributed by atoms with van der Waals surface area (Å²) in [6.07, 6.45) is 0.121. The topological polar surface area (TPSA) is 59.0 Å². The fourth-order valence-corrected chi connectivity index (χ4v) is 4.21. The Labute approximate surface area is 157 Å². The first-order chi connectivity index (χ1) is 12.5. The minimum atomic E-state index is -0.273. The van der Waals surface area contributed by atoms with Crippen molar-refractivity contribution in [3.63, 3.8) is 0 Å². The first kappa shape index (κ1) is 18.5. The molecular formula is C20H23NO4S. The largest absolute Gasteiger partial charge is 0.507 e. The van der Waals surface area contributed by atoms with Gasteiger partial charge in [-0.25, -0.2) is 0 Å². The van der Waals surface area contributed by atoms with Crippen LogP contribution in [0, 0.1) is 0 Å². The van der Waals surface area contributed by atoms with Crippen molar-refractivity contribution in [1.29, 1.82) is 0 Å². The van der Waals surface area contributed by atoms with E-state index in [4.69, 9.17) is 9.47 Å². The third-order valence-corrected chi connectivity index (χ3v) is 5.35. The number of methoxy groups -OCH3 is 1. The number of nitrogens with zero attached hydrogens (tertiary/aromatic N) is 1. The highest BCUT2D eigenvalue weighted by Gasteiger charge is 2.36. The van der Waals surface area contributed by atoms with Crippen LogP contribution in [0.4, 0.5) is 0 Å². The Morgan fingerprint density at radius 1 is 1.23 bits per heavy atom. The minimum absolute atomic E-state index is 0.0489. The molecule has 0 saturated carbocycles. The third kappa shape index (κ3) is 3.90. The lowest BCUT2D eigenvalue weighted by molar-refractivity contribution is -0.128. The van der Waals surface area contributed by atoms with Gasteiger partial charge in [-0.3, -0.25) is 4.79 Å². The Morgan fingerprint density at radius 2 is 1.96 bits per heavy atom. The molecule has 2 aromatic carbocycles. The number of aromatic hydroxyl groups is 1. The van der Waals surface area contributed by atoms with Crippen molar-refractivity contribution in [3.05, 3.63) is 53.6 Å². The van der Waals surface area contributed by atoms with E-state index in [2.05, 4.69) is 0 Å². The van der Waals surface area contributed by atoms with E-state index in [1.807, 2.05) is 38.1 Å². The lowest BCUT2D eigenvalue weighted by Crippen LogP contribution is -2.28. The summed E-state index contributed by atoms with van der Waals surface area (Å²) in [6.45, 7) is 4.44. The smallest absolute Gasteiger partial charge is 0.234 e. The monoisotopic (exact) mass is 373 g/mol. The summed E-state index contributed by atoms with van der Waals surface area (Å²) in [4.78, 5) is 14.2. The molecule has 0 aliphatic carbocycles. The second-order valence-corrected chi connectivity index (χ2v) is 7.46. The third-order valence-electron chi connectivity index (χ3n) is 4.13. The molecule has 0 spiro atoms. The van der Waals surface area contributed by atoms with E-state index in [9.17, 15) is 9.90 Å². The zero-order valence-electron chi connectivity index (χ0n) is 15.1. The molecule has 1 unspecified atom stereocenters. The average molecular weight is 373 g/mol. The van der Waals surface area contributed by atoms with Gasteiger partial charge in [-0.05, 0) is 43.7 Å². The van der Waals surface area contributed by atoms with E-state index in [0.717, 1.165) is 11.3 Å². The van der Waals surface area contributed by atoms with Crippen molar-refractivity contribution in [3.8, 4) is 17.2 Å². The molecule has 0 bridgehead atoms. The maximum Gasteiger partial charge on any atom is 0.234 e. The van der Waals surface area contributed by atoms with E-state index >= 15 is 0 Å². The summed E-state index contributed by atoms with van der Waals surface area (Å²) in [7, 11) is 1.57. The first-order valence-electron chi connectivity index (χ1n) is 8.52. The lowest BCUT2D eigenvalue weighted by atomic mass is 10.1. The minimum Gasteiger partial charge on any atom is -0.507 e. The number of thioether (sulfide) groups is 1. The molecule has 138 valence electrons. The molecule has 26 heavy (non-hydrogen) atoms. The molecule has 0 radical (unpaired) electrons. The first-order valence-corrected chi connectivity index (χ1v) is 9.57. The number of carbonyl (C=O) groups excluding carboxylic acids is 1. The molecule has 5 nitrogen and oxygen atoms in total. The Bertz CT molecular complexity index is 776. The van der Waals surface area contributed by atoms with E-state index in [0.29, 0.717) is 23.6 Å². The standard InChI is InChI=1S/C20H23NO4S/c1-13(2)25-15-9-7-14(8-10-15)11-21-18(23)12-26-20(21)19-16(22)5-4-6-17(19)24-3/h4-10,13,20,22H,11-12H2,1-3H3. The highest BCUT2D eigenvalue weighted by atomic mass is 32.2. The molecular weight excluding hydrogens is 350 g/mol. The van der Waals surface area contributed by atoms with Gasteiger partial charge in [0.05, 0.1) is 24.5 Å². The van der Waals surface area contributed by atoms with E-state index in [-0.39, 0.29) is 23.1 Å². The predicted octanol–water partition coefficient (Wildman–Crippen LogP) is 3.96. The zero-order valence-corrected chi connectivity index (χ0v) is 16.0. The number of hydrogen-bond acceptors (Lipinski definition) is 5. The molecule has 1 aliphatic heterocycles. The van der Waals surface area contributed by atoms with Crippen molar-refractivity contribution in [1.82, 2.24) is 4.90 Å². The van der Waals surface area contributed by atoms with Gasteiger partial charge in [0.15, 0.2) is 0 Å². The summed E-state index contributed by atoms with van der Waals surface area (Å²) < 4.78 is 11.1. The van der Waals surface area contributed by atoms with Gasteiger partial charge in [0.1, 0.15) is 22.6 Å². The number of rotatable bonds is 6. The average Bonchev–Trinajstić information content (AvgIpc) is 2.96. The van der Waals surface area contributed by atoms with E-state index < -0.39 is 0 Å². The summed E-state index contributed by atoms with van der Waals surface area (Å²) >= 11 is 1.50. The van der Waals surface area contributed by atoms with Crippen LogP contribution in [0.2, 0.25) is 0 Å². The van der Waals surface area contributed by atoms with Gasteiger partial charge >= 0.3 is 0 Å². The number of ether oxygens (including phenoxy) is 2. The second-order valence-electron chi connectivity index (χ2n) is 6.39. The molecule has 1 N–H and O–H groups in total. The maximum atomic E-state index is 12.4. The second kappa shape index (κ2) is 7.91. The molecule has 0 aromatic heterocycles. The number of amides is 1. The number of carbonyl (C=O) groups is 1. The van der Waals surface area contributed by atoms with Crippen molar-refractivity contribution in [2.24, 2.45) is 0 Å². The Morgan fingerprint density at radius 3 is 2.62 bits per heavy atom. The quantitative estimate of drug-likeness (QED) is 0.830. The fraction of sp³-hybridized carbons (Fsp3) is 0.350. The number of hydrogen-bond donors (Lipinski definition) is 1. The van der Waals surface area contributed by atoms with Gasteiger partial charge in [-0.15, -0.1) is 11.8 Å². The molecule has 3 rings (SSSR count). The summed E-state index contributed by atoms with van der Waals surface area (Å²) in [6, 6.07) is 12.9. The van der Waals surface area contributed by atoms with Crippen LogP contribution in [0.25, 0.3) is 0 Å². The number of phenols is 1. The number of phenolic OH excluding ortho intramolecular Hbond substituents is 1. The normalized spacial score (nSPS) is 17.0. The van der Waals surface area contributed by atoms with Crippen LogP contribution in [-0.2, 0) is 11.3 Å². The zero-order chi connectivity index (χ0) is 18.7. The van der Waals surface area contributed by atoms with Crippen LogP contribution in [0.5, 0.6) is 17.2 Å². The Balaban J connectivity index is 1.83. The summed E-state index contributed by atoms with van der Waals surface area (Å²) in [5, 5.41) is 10.1. The van der Waals surface area contributed by atoms with Crippen LogP contribution in [-0.4, -0.2) is 34.9 Å². The summed E-state index contributed by atoms with van der Waals surface area (Å²) in [5.74, 6) is 1.97. The van der Waals surface area contributed by atoms with Gasteiger partial charge in [-0.1, -0.05) is 18.2 Å². The van der Waals surface area contributed by atoms with E-state index in [1.165, 1.54) is 11.8 Å². The van der Waals surface area contributed by atoms with Crippen molar-refractivity contribution >= 4 is 17.7 Å². The molecule has 1 amide bonds.